The van der Waals surface area contributed by atoms with Crippen molar-refractivity contribution in [2.24, 2.45) is 21.1 Å². The number of rotatable bonds is 2. The fraction of sp³-hybridized carbons (Fsp3) is 0.529. The van der Waals surface area contributed by atoms with Crippen molar-refractivity contribution < 1.29 is 0 Å². The molecule has 0 aliphatic heterocycles. The van der Waals surface area contributed by atoms with E-state index in [4.69, 9.17) is 10.7 Å². The molecule has 2 N–H and O–H groups in total. The van der Waals surface area contributed by atoms with Gasteiger partial charge in [-0.05, 0) is 12.8 Å². The van der Waals surface area contributed by atoms with Gasteiger partial charge in [0.2, 0.25) is 0 Å². The molecule has 0 heterocycles. The highest BCUT2D eigenvalue weighted by molar-refractivity contribution is 6.06. The van der Waals surface area contributed by atoms with Crippen molar-refractivity contribution >= 4 is 11.7 Å². The van der Waals surface area contributed by atoms with Crippen LogP contribution in [-0.4, -0.2) is 17.7 Å². The molecule has 0 saturated heterocycles. The lowest BCUT2D eigenvalue weighted by Gasteiger charge is -2.20. The van der Waals surface area contributed by atoms with Gasteiger partial charge in [0.25, 0.3) is 0 Å². The number of hydrogen-bond donors (Lipinski definition) is 1. The second-order valence-electron chi connectivity index (χ2n) is 6.50. The molecule has 1 aliphatic rings. The first-order valence-electron chi connectivity index (χ1n) is 7.44. The minimum Gasteiger partial charge on any atom is -0.383 e. The lowest BCUT2D eigenvalue weighted by atomic mass is 9.94. The topological polar surface area (TPSA) is 50.7 Å². The van der Waals surface area contributed by atoms with E-state index in [1.54, 1.807) is 0 Å². The molecule has 0 aromatic heterocycles. The average molecular weight is 271 g/mol. The molecule has 0 spiro atoms. The summed E-state index contributed by atoms with van der Waals surface area (Å²) < 4.78 is 0. The van der Waals surface area contributed by atoms with E-state index in [1.807, 2.05) is 30.3 Å². The fourth-order valence-electron chi connectivity index (χ4n) is 2.38. The van der Waals surface area contributed by atoms with Gasteiger partial charge in [0.05, 0.1) is 6.04 Å². The van der Waals surface area contributed by atoms with Crippen molar-refractivity contribution in [3.8, 4) is 0 Å². The average Bonchev–Trinajstić information content (AvgIpc) is 2.91. The Bertz CT molecular complexity index is 489. The van der Waals surface area contributed by atoms with Crippen LogP contribution in [0.4, 0.5) is 0 Å². The van der Waals surface area contributed by atoms with Crippen molar-refractivity contribution in [1.29, 1.82) is 0 Å². The molecule has 0 atom stereocenters. The van der Waals surface area contributed by atoms with Crippen LogP contribution in [0.25, 0.3) is 0 Å². The highest BCUT2D eigenvalue weighted by Gasteiger charge is 2.22. The van der Waals surface area contributed by atoms with E-state index in [0.717, 1.165) is 11.4 Å². The van der Waals surface area contributed by atoms with E-state index in [0.29, 0.717) is 11.9 Å². The molecular weight excluding hydrogens is 246 g/mol. The molecule has 0 amide bonds. The van der Waals surface area contributed by atoms with Gasteiger partial charge >= 0.3 is 0 Å². The maximum atomic E-state index is 6.14. The van der Waals surface area contributed by atoms with E-state index < -0.39 is 0 Å². The molecule has 3 nitrogen and oxygen atoms in total. The molecule has 0 bridgehead atoms. The van der Waals surface area contributed by atoms with Gasteiger partial charge < -0.3 is 5.73 Å². The maximum Gasteiger partial charge on any atom is 0.132 e. The normalized spacial score (nSPS) is 18.6. The van der Waals surface area contributed by atoms with Gasteiger partial charge in [-0.15, -0.1) is 0 Å². The zero-order valence-corrected chi connectivity index (χ0v) is 12.8. The highest BCUT2D eigenvalue weighted by atomic mass is 15.0. The quantitative estimate of drug-likeness (QED) is 0.646. The van der Waals surface area contributed by atoms with E-state index in [2.05, 4.69) is 25.8 Å². The Labute approximate surface area is 122 Å². The van der Waals surface area contributed by atoms with Crippen LogP contribution in [0.5, 0.6) is 0 Å². The smallest absolute Gasteiger partial charge is 0.132 e. The summed E-state index contributed by atoms with van der Waals surface area (Å²) in [6.45, 7) is 6.42. The van der Waals surface area contributed by atoms with Crippen LogP contribution in [0.3, 0.4) is 0 Å². The number of nitrogens with two attached hydrogens (primary N) is 1. The minimum atomic E-state index is -0.0814. The van der Waals surface area contributed by atoms with Gasteiger partial charge in [0.1, 0.15) is 11.7 Å². The molecule has 1 aromatic rings. The fourth-order valence-corrected chi connectivity index (χ4v) is 2.38. The number of aliphatic imine (C=N–C) groups is 2. The third kappa shape index (κ3) is 3.92. The number of benzene rings is 1. The van der Waals surface area contributed by atoms with Crippen LogP contribution in [0, 0.1) is 5.41 Å². The zero-order chi connectivity index (χ0) is 14.6. The molecule has 1 aliphatic carbocycles. The first-order chi connectivity index (χ1) is 9.47. The molecular formula is C17H25N3. The van der Waals surface area contributed by atoms with Crippen LogP contribution in [0.15, 0.2) is 40.3 Å². The number of nitrogens with zero attached hydrogens (tertiary/aromatic N) is 2. The Kier molecular flexibility index (Phi) is 4.58. The molecule has 1 saturated carbocycles. The Hall–Kier alpha value is -1.64. The van der Waals surface area contributed by atoms with Crippen LogP contribution in [0.2, 0.25) is 0 Å². The van der Waals surface area contributed by atoms with Gasteiger partial charge in [0, 0.05) is 11.0 Å². The summed E-state index contributed by atoms with van der Waals surface area (Å²) in [6, 6.07) is 10.3. The van der Waals surface area contributed by atoms with Crippen LogP contribution in [-0.2, 0) is 0 Å². The minimum absolute atomic E-state index is 0.0814. The van der Waals surface area contributed by atoms with Crippen molar-refractivity contribution in [3.05, 3.63) is 35.9 Å². The van der Waals surface area contributed by atoms with Gasteiger partial charge in [-0.25, -0.2) is 4.99 Å². The number of amidine groups is 2. The van der Waals surface area contributed by atoms with Crippen molar-refractivity contribution in [2.75, 3.05) is 0 Å². The first kappa shape index (κ1) is 14.8. The van der Waals surface area contributed by atoms with Crippen LogP contribution in [0.1, 0.15) is 52.0 Å². The summed E-state index contributed by atoms with van der Waals surface area (Å²) in [4.78, 5) is 9.49. The third-order valence-corrected chi connectivity index (χ3v) is 3.60. The summed E-state index contributed by atoms with van der Waals surface area (Å²) >= 11 is 0. The third-order valence-electron chi connectivity index (χ3n) is 3.60. The second-order valence-corrected chi connectivity index (χ2v) is 6.50. The van der Waals surface area contributed by atoms with Crippen molar-refractivity contribution in [3.63, 3.8) is 0 Å². The van der Waals surface area contributed by atoms with Crippen LogP contribution >= 0.6 is 0 Å². The number of hydrogen-bond acceptors (Lipinski definition) is 1. The molecule has 108 valence electrons. The largest absolute Gasteiger partial charge is 0.383 e. The first-order valence-corrected chi connectivity index (χ1v) is 7.44. The second kappa shape index (κ2) is 6.21. The predicted octanol–water partition coefficient (Wildman–Crippen LogP) is 3.78. The van der Waals surface area contributed by atoms with Crippen molar-refractivity contribution in [1.82, 2.24) is 0 Å². The SMILES string of the molecule is CC(C)(C)C(N=C(N)c1ccccc1)=NC1CCCC1. The Morgan fingerprint density at radius 1 is 1.10 bits per heavy atom. The van der Waals surface area contributed by atoms with Gasteiger partial charge in [-0.1, -0.05) is 63.9 Å². The van der Waals surface area contributed by atoms with Gasteiger partial charge in [0.15, 0.2) is 0 Å². The zero-order valence-electron chi connectivity index (χ0n) is 12.8. The molecule has 1 aromatic carbocycles. The Balaban J connectivity index is 2.28. The van der Waals surface area contributed by atoms with Gasteiger partial charge in [-0.3, -0.25) is 4.99 Å². The summed E-state index contributed by atoms with van der Waals surface area (Å²) in [5, 5.41) is 0. The van der Waals surface area contributed by atoms with E-state index in [9.17, 15) is 0 Å². The molecule has 0 radical (unpaired) electrons. The summed E-state index contributed by atoms with van der Waals surface area (Å²) in [7, 11) is 0. The molecule has 1 fully saturated rings. The predicted molar refractivity (Wildman–Crippen MR) is 86.3 cm³/mol. The maximum absolute atomic E-state index is 6.14. The van der Waals surface area contributed by atoms with Gasteiger partial charge in [-0.2, -0.15) is 0 Å². The van der Waals surface area contributed by atoms with E-state index >= 15 is 0 Å². The summed E-state index contributed by atoms with van der Waals surface area (Å²) in [5.41, 5.74) is 7.01. The Morgan fingerprint density at radius 3 is 2.25 bits per heavy atom. The molecule has 2 rings (SSSR count). The Morgan fingerprint density at radius 2 is 1.70 bits per heavy atom. The molecule has 20 heavy (non-hydrogen) atoms. The van der Waals surface area contributed by atoms with Crippen LogP contribution < -0.4 is 5.73 Å². The lowest BCUT2D eigenvalue weighted by Crippen LogP contribution is -2.25. The van der Waals surface area contributed by atoms with E-state index in [1.165, 1.54) is 25.7 Å². The summed E-state index contributed by atoms with van der Waals surface area (Å²) in [5.74, 6) is 1.42. The molecule has 0 unspecified atom stereocenters. The highest BCUT2D eigenvalue weighted by Crippen LogP contribution is 2.25. The monoisotopic (exact) mass is 271 g/mol. The standard InChI is InChI=1S/C17H25N3/c1-17(2,3)16(19-14-11-7-8-12-14)20-15(18)13-9-5-4-6-10-13/h4-6,9-10,14H,7-8,11-12H2,1-3H3,(H2,18,19,20). The molecule has 3 heteroatoms. The van der Waals surface area contributed by atoms with E-state index in [-0.39, 0.29) is 5.41 Å². The van der Waals surface area contributed by atoms with Crippen molar-refractivity contribution in [2.45, 2.75) is 52.5 Å². The summed E-state index contributed by atoms with van der Waals surface area (Å²) in [6.07, 6.45) is 4.92. The lowest BCUT2D eigenvalue weighted by molar-refractivity contribution is 0.570.